The number of anilines is 2. The molecular weight excluding hydrogens is 937 g/mol. The number of amides is 3. The van der Waals surface area contributed by atoms with Crippen molar-refractivity contribution in [2.24, 2.45) is 13.0 Å². The standard InChI is InChI=1S/C58H62N8O6S/c1-35-40(42-25-27-50(60-53(42)57(70)71)66-32-29-37-12-7-16-43(46(37)34-66)55(68)62-58-59-47-18-3-4-20-49(47)73-58)14-9-19-48(35)72-39-23-21-36(22-24-39)11-5-6-30-65-31-10-13-38(33-65)41-15-8-17-44-52(63-64(2)54(41)44)45-26-28-51(67)61-56(45)69/h3-4,7-9,12,14-20,25,27,36,38-39,45H,5-6,10-11,13,21-24,26,28-34H2,1-2H3,(H,70,71)(H,59,62,68)(H,61,67,69)/t36?,38-,39?,45?/m1/s1. The van der Waals surface area contributed by atoms with E-state index in [2.05, 4.69) is 49.7 Å². The zero-order valence-corrected chi connectivity index (χ0v) is 42.4. The maximum atomic E-state index is 13.7. The molecule has 11 rings (SSSR count). The predicted molar refractivity (Wildman–Crippen MR) is 285 cm³/mol. The van der Waals surface area contributed by atoms with Gasteiger partial charge in [-0.1, -0.05) is 78.8 Å². The van der Waals surface area contributed by atoms with Gasteiger partial charge in [-0.2, -0.15) is 5.10 Å². The lowest BCUT2D eigenvalue weighted by Crippen LogP contribution is -2.39. The van der Waals surface area contributed by atoms with E-state index in [1.54, 1.807) is 0 Å². The van der Waals surface area contributed by atoms with Gasteiger partial charge in [-0.05, 0) is 154 Å². The summed E-state index contributed by atoms with van der Waals surface area (Å²) in [4.78, 5) is 65.3. The summed E-state index contributed by atoms with van der Waals surface area (Å²) in [5.74, 6) is 0.228. The number of fused-ring (bicyclic) bond motifs is 3. The van der Waals surface area contributed by atoms with Crippen molar-refractivity contribution in [3.8, 4) is 16.9 Å². The van der Waals surface area contributed by atoms with E-state index >= 15 is 0 Å². The molecule has 3 N–H and O–H groups in total. The molecular formula is C58H62N8O6S. The molecule has 73 heavy (non-hydrogen) atoms. The van der Waals surface area contributed by atoms with E-state index in [9.17, 15) is 24.3 Å². The summed E-state index contributed by atoms with van der Waals surface area (Å²) in [5, 5.41) is 22.5. The quantitative estimate of drug-likeness (QED) is 0.0699. The normalized spacial score (nSPS) is 20.5. The first-order valence-electron chi connectivity index (χ1n) is 26.1. The number of likely N-dealkylation sites (tertiary alicyclic amines) is 1. The molecule has 4 aliphatic rings. The number of carbonyl (C=O) groups is 4. The Morgan fingerprint density at radius 1 is 0.863 bits per heavy atom. The molecule has 0 spiro atoms. The molecule has 6 heterocycles. The first-order chi connectivity index (χ1) is 35.5. The number of thiazole rings is 1. The van der Waals surface area contributed by atoms with Crippen LogP contribution < -0.4 is 20.3 Å². The number of hydrogen-bond donors (Lipinski definition) is 3. The van der Waals surface area contributed by atoms with Crippen LogP contribution in [0.4, 0.5) is 10.9 Å². The van der Waals surface area contributed by atoms with Crippen molar-refractivity contribution in [2.45, 2.75) is 108 Å². The molecule has 3 aliphatic heterocycles. The van der Waals surface area contributed by atoms with Crippen molar-refractivity contribution >= 4 is 67.1 Å². The number of aryl methyl sites for hydroxylation is 1. The Hall–Kier alpha value is -6.97. The topological polar surface area (TPSA) is 172 Å². The lowest BCUT2D eigenvalue weighted by molar-refractivity contribution is -0.134. The summed E-state index contributed by atoms with van der Waals surface area (Å²) < 4.78 is 9.65. The Kier molecular flexibility index (Phi) is 13.8. The Morgan fingerprint density at radius 3 is 2.53 bits per heavy atom. The van der Waals surface area contributed by atoms with E-state index in [0.29, 0.717) is 66.3 Å². The average molecular weight is 999 g/mol. The van der Waals surface area contributed by atoms with Gasteiger partial charge >= 0.3 is 5.97 Å². The van der Waals surface area contributed by atoms with Crippen LogP contribution in [-0.4, -0.2) is 85.7 Å². The van der Waals surface area contributed by atoms with Gasteiger partial charge in [0.05, 0.1) is 33.4 Å². The average Bonchev–Trinajstić information content (AvgIpc) is 3.98. The number of ether oxygens (including phenoxy) is 1. The van der Waals surface area contributed by atoms with Crippen LogP contribution in [-0.2, 0) is 29.6 Å². The number of carbonyl (C=O) groups excluding carboxylic acids is 3. The summed E-state index contributed by atoms with van der Waals surface area (Å²) in [6, 6.07) is 29.6. The summed E-state index contributed by atoms with van der Waals surface area (Å²) in [5.41, 5.74) is 8.78. The second-order valence-corrected chi connectivity index (χ2v) is 21.5. The number of imide groups is 1. The fraction of sp³-hybridized carbons (Fsp3) is 0.397. The first kappa shape index (κ1) is 48.3. The van der Waals surface area contributed by atoms with Crippen LogP contribution in [0.1, 0.15) is 131 Å². The maximum absolute atomic E-state index is 13.7. The second-order valence-electron chi connectivity index (χ2n) is 20.5. The van der Waals surface area contributed by atoms with E-state index < -0.39 is 11.9 Å². The third-order valence-electron chi connectivity index (χ3n) is 15.9. The van der Waals surface area contributed by atoms with Crippen LogP contribution in [0.5, 0.6) is 5.75 Å². The van der Waals surface area contributed by atoms with E-state index in [1.165, 1.54) is 36.2 Å². The highest BCUT2D eigenvalue weighted by molar-refractivity contribution is 7.22. The van der Waals surface area contributed by atoms with E-state index in [4.69, 9.17) is 14.8 Å². The Bertz CT molecular complexity index is 3220. The highest BCUT2D eigenvalue weighted by Crippen LogP contribution is 2.39. The Labute approximate surface area is 429 Å². The number of hydrogen-bond acceptors (Lipinski definition) is 11. The summed E-state index contributed by atoms with van der Waals surface area (Å²) >= 11 is 1.44. The largest absolute Gasteiger partial charge is 0.490 e. The van der Waals surface area contributed by atoms with Gasteiger partial charge in [0.25, 0.3) is 5.91 Å². The molecule has 1 saturated carbocycles. The van der Waals surface area contributed by atoms with Crippen molar-refractivity contribution in [3.63, 3.8) is 0 Å². The molecule has 376 valence electrons. The van der Waals surface area contributed by atoms with Gasteiger partial charge in [-0.25, -0.2) is 14.8 Å². The molecule has 0 radical (unpaired) electrons. The highest BCUT2D eigenvalue weighted by Gasteiger charge is 2.34. The van der Waals surface area contributed by atoms with Gasteiger partial charge in [-0.3, -0.25) is 29.7 Å². The number of benzene rings is 4. The molecule has 1 aliphatic carbocycles. The fourth-order valence-corrected chi connectivity index (χ4v) is 12.9. The summed E-state index contributed by atoms with van der Waals surface area (Å²) in [6.07, 6.45) is 11.8. The van der Waals surface area contributed by atoms with Crippen LogP contribution in [0.15, 0.2) is 91.0 Å². The maximum Gasteiger partial charge on any atom is 0.355 e. The smallest absolute Gasteiger partial charge is 0.355 e. The van der Waals surface area contributed by atoms with Gasteiger partial charge in [0, 0.05) is 49.6 Å². The number of nitrogens with zero attached hydrogens (tertiary/aromatic N) is 6. The van der Waals surface area contributed by atoms with E-state index in [-0.39, 0.29) is 29.5 Å². The van der Waals surface area contributed by atoms with Crippen molar-refractivity contribution in [2.75, 3.05) is 36.4 Å². The monoisotopic (exact) mass is 998 g/mol. The highest BCUT2D eigenvalue weighted by atomic mass is 32.1. The first-order valence-corrected chi connectivity index (χ1v) is 26.9. The number of para-hydroxylation sites is 2. The number of carboxylic acids is 1. The van der Waals surface area contributed by atoms with Gasteiger partial charge < -0.3 is 19.6 Å². The SMILES string of the molecule is Cc1c(OC2CCC(CCCCN3CCC[C@@H](c4cccc5c(C6CCC(=O)NC6=O)nn(C)c45)C3)CC2)cccc1-c1ccc(N2CCc3cccc(C(=O)Nc4nc5ccccc5s4)c3C2)nc1C(=O)O. The Balaban J connectivity index is 0.674. The van der Waals surface area contributed by atoms with Crippen molar-refractivity contribution < 1.29 is 29.0 Å². The summed E-state index contributed by atoms with van der Waals surface area (Å²) in [6.45, 7) is 6.28. The van der Waals surface area contributed by atoms with Gasteiger partial charge in [-0.15, -0.1) is 0 Å². The zero-order valence-electron chi connectivity index (χ0n) is 41.6. The van der Waals surface area contributed by atoms with Crippen molar-refractivity contribution in [1.29, 1.82) is 0 Å². The number of rotatable bonds is 14. The lowest BCUT2D eigenvalue weighted by Gasteiger charge is -2.33. The van der Waals surface area contributed by atoms with E-state index in [1.807, 2.05) is 85.4 Å². The third-order valence-corrected chi connectivity index (χ3v) is 16.8. The molecule has 2 atom stereocenters. The number of piperidine rings is 2. The number of aromatic carboxylic acids is 1. The molecule has 3 fully saturated rings. The number of carboxylic acid groups (broad SMARTS) is 1. The van der Waals surface area contributed by atoms with Gasteiger partial charge in [0.15, 0.2) is 10.8 Å². The molecule has 2 saturated heterocycles. The van der Waals surface area contributed by atoms with Gasteiger partial charge in [0.1, 0.15) is 11.6 Å². The number of unbranched alkanes of at least 4 members (excludes halogenated alkanes) is 1. The second kappa shape index (κ2) is 20.9. The third kappa shape index (κ3) is 10.1. The minimum atomic E-state index is -1.10. The van der Waals surface area contributed by atoms with E-state index in [0.717, 1.165) is 113 Å². The molecule has 3 amide bonds. The number of aromatic nitrogens is 4. The van der Waals surface area contributed by atoms with Crippen molar-refractivity contribution in [1.82, 2.24) is 30.0 Å². The summed E-state index contributed by atoms with van der Waals surface area (Å²) in [7, 11) is 1.97. The Morgan fingerprint density at radius 2 is 1.70 bits per heavy atom. The molecule has 3 aromatic heterocycles. The minimum absolute atomic E-state index is 0.0181. The number of pyridine rings is 1. The van der Waals surface area contributed by atoms with Crippen LogP contribution >= 0.6 is 11.3 Å². The minimum Gasteiger partial charge on any atom is -0.490 e. The fourth-order valence-electron chi connectivity index (χ4n) is 12.1. The zero-order chi connectivity index (χ0) is 50.2. The van der Waals surface area contributed by atoms with Gasteiger partial charge in [0.2, 0.25) is 11.8 Å². The van der Waals surface area contributed by atoms with Crippen LogP contribution in [0, 0.1) is 12.8 Å². The molecule has 1 unspecified atom stereocenters. The lowest BCUT2D eigenvalue weighted by atomic mass is 9.84. The molecule has 15 heteroatoms. The predicted octanol–water partition coefficient (Wildman–Crippen LogP) is 10.6. The van der Waals surface area contributed by atoms with Crippen LogP contribution in [0.2, 0.25) is 0 Å². The number of nitrogens with one attached hydrogen (secondary N) is 2. The van der Waals surface area contributed by atoms with Crippen LogP contribution in [0.25, 0.3) is 32.2 Å². The van der Waals surface area contributed by atoms with Crippen molar-refractivity contribution in [3.05, 3.63) is 130 Å². The molecule has 4 aromatic carbocycles. The molecule has 0 bridgehead atoms. The molecule has 14 nitrogen and oxygen atoms in total. The molecule has 7 aromatic rings. The van der Waals surface area contributed by atoms with Crippen LogP contribution in [0.3, 0.4) is 0 Å².